The predicted molar refractivity (Wildman–Crippen MR) is 58.5 cm³/mol. The second kappa shape index (κ2) is 7.90. The van der Waals surface area contributed by atoms with Gasteiger partial charge in [0, 0.05) is 5.25 Å². The van der Waals surface area contributed by atoms with Crippen molar-refractivity contribution in [1.82, 2.24) is 0 Å². The van der Waals surface area contributed by atoms with Crippen LogP contribution in [0.5, 0.6) is 0 Å². The Hall–Kier alpha value is 0.270. The third-order valence-electron chi connectivity index (χ3n) is 2.33. The number of rotatable bonds is 7. The molecule has 0 bridgehead atoms. The second-order valence-electron chi connectivity index (χ2n) is 3.26. The molecule has 0 aromatic carbocycles. The number of hydrogen-bond donors (Lipinski definition) is 3. The molecule has 2 atom stereocenters. The van der Waals surface area contributed by atoms with Gasteiger partial charge in [-0.1, -0.05) is 19.8 Å². The maximum absolute atomic E-state index is 5.61. The minimum Gasteiger partial charge on any atom is -0.330 e. The lowest BCUT2D eigenvalue weighted by Gasteiger charge is -2.19. The molecule has 0 spiro atoms. The molecule has 0 aromatic rings. The Morgan fingerprint density at radius 2 is 1.92 bits per heavy atom. The molecule has 2 nitrogen and oxygen atoms in total. The van der Waals surface area contributed by atoms with E-state index in [1.54, 1.807) is 0 Å². The van der Waals surface area contributed by atoms with Crippen molar-refractivity contribution in [3.05, 3.63) is 0 Å². The summed E-state index contributed by atoms with van der Waals surface area (Å²) in [5.74, 6) is 0.575. The van der Waals surface area contributed by atoms with Crippen LogP contribution in [-0.4, -0.2) is 18.3 Å². The first-order valence-electron chi connectivity index (χ1n) is 4.84. The van der Waals surface area contributed by atoms with Crippen LogP contribution in [0.2, 0.25) is 0 Å². The summed E-state index contributed by atoms with van der Waals surface area (Å²) in [6.45, 7) is 3.72. The summed E-state index contributed by atoms with van der Waals surface area (Å²) in [5, 5.41) is 0.464. The Bertz CT molecular complexity index is 94.5. The normalized spacial score (nSPS) is 16.0. The fourth-order valence-electron chi connectivity index (χ4n) is 1.33. The first-order chi connectivity index (χ1) is 5.76. The van der Waals surface area contributed by atoms with Crippen molar-refractivity contribution in [2.75, 3.05) is 13.1 Å². The van der Waals surface area contributed by atoms with Gasteiger partial charge in [0.05, 0.1) is 0 Å². The average Bonchev–Trinajstić information content (AvgIpc) is 2.07. The van der Waals surface area contributed by atoms with Crippen LogP contribution in [0.1, 0.15) is 32.6 Å². The fourth-order valence-corrected chi connectivity index (χ4v) is 1.84. The van der Waals surface area contributed by atoms with Crippen LogP contribution in [-0.2, 0) is 0 Å². The standard InChI is InChI=1S/C9H22N2S/c1-2-8(7-11)9(12)5-3-4-6-10/h8-9,12H,2-7,10-11H2,1H3. The number of thiol groups is 1. The monoisotopic (exact) mass is 190 g/mol. The maximum atomic E-state index is 5.61. The molecule has 0 radical (unpaired) electrons. The van der Waals surface area contributed by atoms with Gasteiger partial charge in [0.25, 0.3) is 0 Å². The molecule has 0 aliphatic heterocycles. The van der Waals surface area contributed by atoms with Gasteiger partial charge in [-0.15, -0.1) is 0 Å². The van der Waals surface area contributed by atoms with Crippen LogP contribution < -0.4 is 11.5 Å². The zero-order chi connectivity index (χ0) is 9.40. The highest BCUT2D eigenvalue weighted by Gasteiger charge is 2.13. The third kappa shape index (κ3) is 5.01. The molecule has 0 aromatic heterocycles. The largest absolute Gasteiger partial charge is 0.330 e. The zero-order valence-electron chi connectivity index (χ0n) is 8.00. The lowest BCUT2D eigenvalue weighted by atomic mass is 9.98. The Kier molecular flexibility index (Phi) is 8.07. The van der Waals surface area contributed by atoms with Crippen molar-refractivity contribution in [2.45, 2.75) is 37.9 Å². The smallest absolute Gasteiger partial charge is 0.00570 e. The van der Waals surface area contributed by atoms with Crippen molar-refractivity contribution in [1.29, 1.82) is 0 Å². The van der Waals surface area contributed by atoms with Gasteiger partial charge in [0.2, 0.25) is 0 Å². The number of unbranched alkanes of at least 4 members (excludes halogenated alkanes) is 1. The molecule has 74 valence electrons. The van der Waals surface area contributed by atoms with Crippen molar-refractivity contribution in [2.24, 2.45) is 17.4 Å². The lowest BCUT2D eigenvalue weighted by molar-refractivity contribution is 0.468. The van der Waals surface area contributed by atoms with E-state index in [2.05, 4.69) is 19.6 Å². The van der Waals surface area contributed by atoms with Crippen LogP contribution in [0.25, 0.3) is 0 Å². The van der Waals surface area contributed by atoms with Crippen LogP contribution in [0.3, 0.4) is 0 Å². The van der Waals surface area contributed by atoms with Gasteiger partial charge in [-0.25, -0.2) is 0 Å². The molecular formula is C9H22N2S. The average molecular weight is 190 g/mol. The molecule has 0 rings (SSSR count). The van der Waals surface area contributed by atoms with Crippen LogP contribution in [0, 0.1) is 5.92 Å². The molecule has 0 saturated carbocycles. The Morgan fingerprint density at radius 1 is 1.25 bits per heavy atom. The van der Waals surface area contributed by atoms with Gasteiger partial charge in [-0.3, -0.25) is 0 Å². The van der Waals surface area contributed by atoms with E-state index in [1.807, 2.05) is 0 Å². The minimum atomic E-state index is 0.464. The number of hydrogen-bond acceptors (Lipinski definition) is 3. The summed E-state index contributed by atoms with van der Waals surface area (Å²) in [7, 11) is 0. The first-order valence-corrected chi connectivity index (χ1v) is 5.36. The van der Waals surface area contributed by atoms with Crippen LogP contribution >= 0.6 is 12.6 Å². The van der Waals surface area contributed by atoms with Gasteiger partial charge in [-0.2, -0.15) is 12.6 Å². The summed E-state index contributed by atoms with van der Waals surface area (Å²) < 4.78 is 0. The zero-order valence-corrected chi connectivity index (χ0v) is 8.89. The summed E-state index contributed by atoms with van der Waals surface area (Å²) in [6, 6.07) is 0. The topological polar surface area (TPSA) is 52.0 Å². The van der Waals surface area contributed by atoms with Gasteiger partial charge >= 0.3 is 0 Å². The summed E-state index contributed by atoms with van der Waals surface area (Å²) in [6.07, 6.45) is 4.57. The van der Waals surface area contributed by atoms with Crippen molar-refractivity contribution < 1.29 is 0 Å². The highest BCUT2D eigenvalue weighted by atomic mass is 32.1. The third-order valence-corrected chi connectivity index (χ3v) is 3.01. The van der Waals surface area contributed by atoms with Crippen molar-refractivity contribution in [3.8, 4) is 0 Å². The minimum absolute atomic E-state index is 0.464. The highest BCUT2D eigenvalue weighted by molar-refractivity contribution is 7.81. The van der Waals surface area contributed by atoms with E-state index < -0.39 is 0 Å². The molecule has 0 fully saturated rings. The quantitative estimate of drug-likeness (QED) is 0.420. The van der Waals surface area contributed by atoms with Crippen LogP contribution in [0.15, 0.2) is 0 Å². The first kappa shape index (κ1) is 12.3. The van der Waals surface area contributed by atoms with Gasteiger partial charge in [0.15, 0.2) is 0 Å². The molecule has 2 unspecified atom stereocenters. The fraction of sp³-hybridized carbons (Fsp3) is 1.00. The Balaban J connectivity index is 3.47. The highest BCUT2D eigenvalue weighted by Crippen LogP contribution is 2.18. The van der Waals surface area contributed by atoms with Crippen molar-refractivity contribution in [3.63, 3.8) is 0 Å². The van der Waals surface area contributed by atoms with Crippen LogP contribution in [0.4, 0.5) is 0 Å². The van der Waals surface area contributed by atoms with E-state index in [1.165, 1.54) is 6.42 Å². The SMILES string of the molecule is CCC(CN)C(S)CCCCN. The van der Waals surface area contributed by atoms with E-state index in [-0.39, 0.29) is 0 Å². The molecule has 12 heavy (non-hydrogen) atoms. The molecule has 0 aliphatic rings. The van der Waals surface area contributed by atoms with Gasteiger partial charge in [0.1, 0.15) is 0 Å². The summed E-state index contributed by atoms with van der Waals surface area (Å²) in [5.41, 5.74) is 11.0. The van der Waals surface area contributed by atoms with Gasteiger partial charge in [-0.05, 0) is 31.8 Å². The van der Waals surface area contributed by atoms with E-state index in [4.69, 9.17) is 11.5 Å². The molecule has 0 aliphatic carbocycles. The van der Waals surface area contributed by atoms with E-state index in [0.717, 1.165) is 32.4 Å². The molecular weight excluding hydrogens is 168 g/mol. The van der Waals surface area contributed by atoms with E-state index >= 15 is 0 Å². The Morgan fingerprint density at radius 3 is 2.33 bits per heavy atom. The Labute approximate surface area is 81.5 Å². The predicted octanol–water partition coefficient (Wildman–Crippen LogP) is 1.40. The summed E-state index contributed by atoms with van der Waals surface area (Å²) in [4.78, 5) is 0. The van der Waals surface area contributed by atoms with Gasteiger partial charge < -0.3 is 11.5 Å². The second-order valence-corrected chi connectivity index (χ2v) is 3.92. The molecule has 3 heteroatoms. The lowest BCUT2D eigenvalue weighted by Crippen LogP contribution is -2.23. The molecule has 0 saturated heterocycles. The van der Waals surface area contributed by atoms with E-state index in [9.17, 15) is 0 Å². The summed E-state index contributed by atoms with van der Waals surface area (Å²) >= 11 is 4.54. The molecule has 4 N–H and O–H groups in total. The van der Waals surface area contributed by atoms with Crippen molar-refractivity contribution >= 4 is 12.6 Å². The number of nitrogens with two attached hydrogens (primary N) is 2. The van der Waals surface area contributed by atoms with E-state index in [0.29, 0.717) is 11.2 Å². The maximum Gasteiger partial charge on any atom is 0.00570 e. The molecule has 0 heterocycles. The molecule has 0 amide bonds.